The summed E-state index contributed by atoms with van der Waals surface area (Å²) in [5, 5.41) is 0.513. The summed E-state index contributed by atoms with van der Waals surface area (Å²) in [6.07, 6.45) is -4.55. The van der Waals surface area contributed by atoms with Crippen LogP contribution in [0.1, 0.15) is 12.6 Å². The van der Waals surface area contributed by atoms with Crippen molar-refractivity contribution in [3.63, 3.8) is 0 Å². The molecule has 0 saturated heterocycles. The van der Waals surface area contributed by atoms with Crippen molar-refractivity contribution < 1.29 is 17.9 Å². The Balaban J connectivity index is 2.26. The number of nitrogens with zero attached hydrogens (tertiary/aromatic N) is 1. The van der Waals surface area contributed by atoms with Crippen molar-refractivity contribution in [3.8, 4) is 11.3 Å². The number of aromatic nitrogens is 1. The van der Waals surface area contributed by atoms with Crippen LogP contribution in [0.5, 0.6) is 0 Å². The summed E-state index contributed by atoms with van der Waals surface area (Å²) in [4.78, 5) is 1.31. The van der Waals surface area contributed by atoms with Crippen molar-refractivity contribution in [2.45, 2.75) is 29.6 Å². The van der Waals surface area contributed by atoms with Crippen LogP contribution in [0, 0.1) is 0 Å². The van der Waals surface area contributed by atoms with E-state index in [1.165, 1.54) is 16.3 Å². The summed E-state index contributed by atoms with van der Waals surface area (Å²) < 4.78 is 48.3. The summed E-state index contributed by atoms with van der Waals surface area (Å²) in [6, 6.07) is 16.0. The van der Waals surface area contributed by atoms with E-state index in [4.69, 9.17) is 16.3 Å². The molecule has 0 atom stereocenters. The minimum absolute atomic E-state index is 0.00138. The van der Waals surface area contributed by atoms with Crippen LogP contribution in [0.15, 0.2) is 68.9 Å². The Labute approximate surface area is 178 Å². The summed E-state index contributed by atoms with van der Waals surface area (Å²) in [6.45, 7) is 1.83. The van der Waals surface area contributed by atoms with Gasteiger partial charge in [0, 0.05) is 16.5 Å². The highest BCUT2D eigenvalue weighted by molar-refractivity contribution is 9.10. The van der Waals surface area contributed by atoms with Gasteiger partial charge in [0.25, 0.3) is 0 Å². The van der Waals surface area contributed by atoms with Gasteiger partial charge in [0.2, 0.25) is 0 Å². The van der Waals surface area contributed by atoms with Crippen molar-refractivity contribution in [3.05, 3.63) is 69.8 Å². The first kappa shape index (κ1) is 21.3. The van der Waals surface area contributed by atoms with Crippen LogP contribution >= 0.6 is 39.3 Å². The Morgan fingerprint density at radius 3 is 2.29 bits per heavy atom. The van der Waals surface area contributed by atoms with E-state index in [0.29, 0.717) is 27.8 Å². The van der Waals surface area contributed by atoms with Crippen LogP contribution in [0.4, 0.5) is 13.2 Å². The lowest BCUT2D eigenvalue weighted by molar-refractivity contribution is -0.146. The van der Waals surface area contributed by atoms with E-state index in [9.17, 15) is 13.2 Å². The molecule has 0 radical (unpaired) electrons. The molecule has 8 heteroatoms. The number of benzene rings is 2. The highest BCUT2D eigenvalue weighted by atomic mass is 79.9. The average molecular weight is 491 g/mol. The van der Waals surface area contributed by atoms with Crippen molar-refractivity contribution >= 4 is 39.3 Å². The molecule has 0 amide bonds. The molecule has 0 bridgehead atoms. The van der Waals surface area contributed by atoms with Gasteiger partial charge in [0.1, 0.15) is 12.4 Å². The Hall–Kier alpha value is -1.41. The van der Waals surface area contributed by atoms with Crippen LogP contribution < -0.4 is 0 Å². The van der Waals surface area contributed by atoms with Crippen LogP contribution in [-0.2, 0) is 17.6 Å². The number of hydrogen-bond donors (Lipinski definition) is 0. The third-order valence-electron chi connectivity index (χ3n) is 3.94. The molecule has 28 heavy (non-hydrogen) atoms. The molecule has 3 aromatic rings. The fourth-order valence-corrected chi connectivity index (χ4v) is 4.78. The van der Waals surface area contributed by atoms with Crippen molar-refractivity contribution in [2.24, 2.45) is 0 Å². The van der Waals surface area contributed by atoms with Crippen molar-refractivity contribution in [1.29, 1.82) is 0 Å². The molecule has 148 valence electrons. The molecule has 0 aliphatic carbocycles. The van der Waals surface area contributed by atoms with Gasteiger partial charge in [-0.05, 0) is 52.7 Å². The van der Waals surface area contributed by atoms with Gasteiger partial charge in [-0.2, -0.15) is 13.2 Å². The maximum atomic E-state index is 13.9. The van der Waals surface area contributed by atoms with Crippen molar-refractivity contribution in [1.82, 2.24) is 4.57 Å². The fraction of sp³-hybridized carbons (Fsp3) is 0.200. The Bertz CT molecular complexity index is 943. The molecule has 0 N–H and O–H groups in total. The van der Waals surface area contributed by atoms with Gasteiger partial charge in [-0.25, -0.2) is 0 Å². The van der Waals surface area contributed by atoms with E-state index >= 15 is 0 Å². The number of halogens is 5. The maximum Gasteiger partial charge on any atom is 0.432 e. The first-order valence-electron chi connectivity index (χ1n) is 8.38. The van der Waals surface area contributed by atoms with Gasteiger partial charge in [0.15, 0.2) is 0 Å². The second kappa shape index (κ2) is 8.95. The lowest BCUT2D eigenvalue weighted by Crippen LogP contribution is -2.16. The predicted molar refractivity (Wildman–Crippen MR) is 110 cm³/mol. The molecule has 1 heterocycles. The molecule has 0 saturated carbocycles. The first-order valence-corrected chi connectivity index (χ1v) is 10.4. The highest BCUT2D eigenvalue weighted by Gasteiger charge is 2.40. The van der Waals surface area contributed by atoms with E-state index in [1.807, 2.05) is 30.3 Å². The Morgan fingerprint density at radius 1 is 1.07 bits per heavy atom. The van der Waals surface area contributed by atoms with Crippen LogP contribution in [0.2, 0.25) is 5.02 Å². The van der Waals surface area contributed by atoms with E-state index in [-0.39, 0.29) is 11.2 Å². The van der Waals surface area contributed by atoms with E-state index in [0.717, 1.165) is 4.90 Å². The van der Waals surface area contributed by atoms with Gasteiger partial charge in [0.05, 0.1) is 15.1 Å². The van der Waals surface area contributed by atoms with Gasteiger partial charge in [-0.3, -0.25) is 0 Å². The molecule has 0 aliphatic heterocycles. The molecule has 0 spiro atoms. The third kappa shape index (κ3) is 4.59. The number of rotatable bonds is 6. The minimum atomic E-state index is -4.55. The lowest BCUT2D eigenvalue weighted by atomic mass is 10.1. The fourth-order valence-electron chi connectivity index (χ4n) is 2.75. The monoisotopic (exact) mass is 489 g/mol. The third-order valence-corrected chi connectivity index (χ3v) is 6.33. The molecule has 0 unspecified atom stereocenters. The number of ether oxygens (including phenoxy) is 1. The molecule has 2 aromatic carbocycles. The Morgan fingerprint density at radius 2 is 1.71 bits per heavy atom. The highest BCUT2D eigenvalue weighted by Crippen LogP contribution is 2.49. The second-order valence-electron chi connectivity index (χ2n) is 5.81. The van der Waals surface area contributed by atoms with Gasteiger partial charge >= 0.3 is 6.18 Å². The standard InChI is InChI=1S/C20H16BrClF3NOS/c1-2-27-12-26-17(13-8-10-14(22)11-9-13)18(16(21)19(26)20(23,24)25)28-15-6-4-3-5-7-15/h3-11H,2,12H2,1H3. The zero-order chi connectivity index (χ0) is 20.3. The number of alkyl halides is 3. The molecule has 1 aromatic heterocycles. The average Bonchev–Trinajstić information content (AvgIpc) is 2.93. The summed E-state index contributed by atoms with van der Waals surface area (Å²) in [5.41, 5.74) is 0.279. The molecule has 2 nitrogen and oxygen atoms in total. The van der Waals surface area contributed by atoms with Crippen molar-refractivity contribution in [2.75, 3.05) is 6.61 Å². The van der Waals surface area contributed by atoms with Gasteiger partial charge < -0.3 is 9.30 Å². The normalized spacial score (nSPS) is 11.8. The first-order chi connectivity index (χ1) is 13.3. The molecule has 0 fully saturated rings. The lowest BCUT2D eigenvalue weighted by Gasteiger charge is -2.16. The zero-order valence-electron chi connectivity index (χ0n) is 14.8. The van der Waals surface area contributed by atoms with Crippen LogP contribution in [0.3, 0.4) is 0 Å². The van der Waals surface area contributed by atoms with E-state index in [2.05, 4.69) is 15.9 Å². The second-order valence-corrected chi connectivity index (χ2v) is 8.12. The maximum absolute atomic E-state index is 13.9. The molecular weight excluding hydrogens is 475 g/mol. The van der Waals surface area contributed by atoms with Crippen LogP contribution in [0.25, 0.3) is 11.3 Å². The summed E-state index contributed by atoms with van der Waals surface area (Å²) in [7, 11) is 0. The largest absolute Gasteiger partial charge is 0.432 e. The number of hydrogen-bond acceptors (Lipinski definition) is 2. The topological polar surface area (TPSA) is 14.2 Å². The summed E-state index contributed by atoms with van der Waals surface area (Å²) in [5.74, 6) is 0. The van der Waals surface area contributed by atoms with Gasteiger partial charge in [-0.15, -0.1) is 0 Å². The quantitative estimate of drug-likeness (QED) is 0.351. The predicted octanol–water partition coefficient (Wildman–Crippen LogP) is 7.74. The summed E-state index contributed by atoms with van der Waals surface area (Å²) >= 11 is 10.5. The Kier molecular flexibility index (Phi) is 6.81. The smallest absolute Gasteiger partial charge is 0.361 e. The van der Waals surface area contributed by atoms with E-state index in [1.54, 1.807) is 31.2 Å². The minimum Gasteiger partial charge on any atom is -0.361 e. The molecule has 3 rings (SSSR count). The van der Waals surface area contributed by atoms with Gasteiger partial charge in [-0.1, -0.05) is 53.7 Å². The molecular formula is C20H16BrClF3NOS. The zero-order valence-corrected chi connectivity index (χ0v) is 17.9. The van der Waals surface area contributed by atoms with E-state index < -0.39 is 11.9 Å². The SMILES string of the molecule is CCOCn1c(-c2ccc(Cl)cc2)c(Sc2ccccc2)c(Br)c1C(F)(F)F. The van der Waals surface area contributed by atoms with Crippen LogP contribution in [-0.4, -0.2) is 11.2 Å². The molecule has 0 aliphatic rings.